The fraction of sp³-hybridized carbons (Fsp3) is 0.538. The van der Waals surface area contributed by atoms with Gasteiger partial charge in [0.15, 0.2) is 0 Å². The Morgan fingerprint density at radius 2 is 2.35 bits per heavy atom. The normalized spacial score (nSPS) is 19.9. The fourth-order valence-electron chi connectivity index (χ4n) is 2.48. The van der Waals surface area contributed by atoms with Crippen LogP contribution in [0.2, 0.25) is 0 Å². The van der Waals surface area contributed by atoms with Crippen molar-refractivity contribution in [2.75, 3.05) is 11.4 Å². The van der Waals surface area contributed by atoms with Crippen molar-refractivity contribution in [3.05, 3.63) is 23.9 Å². The molecule has 1 unspecified atom stereocenters. The number of hydrogen-bond donors (Lipinski definition) is 1. The van der Waals surface area contributed by atoms with Gasteiger partial charge in [-0.05, 0) is 30.9 Å². The van der Waals surface area contributed by atoms with Crippen LogP contribution in [0.3, 0.4) is 0 Å². The van der Waals surface area contributed by atoms with Crippen LogP contribution in [0.5, 0.6) is 0 Å². The Morgan fingerprint density at radius 1 is 1.59 bits per heavy atom. The van der Waals surface area contributed by atoms with Crippen LogP contribution in [0.15, 0.2) is 18.3 Å². The molecule has 0 aromatic carbocycles. The van der Waals surface area contributed by atoms with Crippen LogP contribution in [0.1, 0.15) is 37.0 Å². The minimum atomic E-state index is -0.894. The lowest BCUT2D eigenvalue weighted by atomic mass is 10.0. The van der Waals surface area contributed by atoms with E-state index in [1.54, 1.807) is 12.3 Å². The van der Waals surface area contributed by atoms with E-state index in [1.165, 1.54) is 6.07 Å². The molecule has 4 nitrogen and oxygen atoms in total. The first-order valence-corrected chi connectivity index (χ1v) is 6.05. The minimum absolute atomic E-state index is 0.310. The predicted octanol–water partition coefficient (Wildman–Crippen LogP) is 2.40. The van der Waals surface area contributed by atoms with Crippen molar-refractivity contribution >= 4 is 11.8 Å². The zero-order valence-electron chi connectivity index (χ0n) is 10.3. The topological polar surface area (TPSA) is 53.4 Å². The third kappa shape index (κ3) is 2.40. The minimum Gasteiger partial charge on any atom is -0.478 e. The SMILES string of the molecule is CC(C)C1CCCN1c1cc(C(=O)O)ccn1. The Bertz CT molecular complexity index is 418. The Hall–Kier alpha value is -1.58. The first kappa shape index (κ1) is 11.9. The number of anilines is 1. The number of carbonyl (C=O) groups is 1. The molecule has 0 saturated carbocycles. The van der Waals surface area contributed by atoms with Gasteiger partial charge >= 0.3 is 5.97 Å². The molecule has 0 bridgehead atoms. The van der Waals surface area contributed by atoms with Crippen LogP contribution < -0.4 is 4.90 Å². The van der Waals surface area contributed by atoms with Gasteiger partial charge in [0.1, 0.15) is 5.82 Å². The zero-order valence-corrected chi connectivity index (χ0v) is 10.3. The van der Waals surface area contributed by atoms with Crippen molar-refractivity contribution in [3.8, 4) is 0 Å². The number of aromatic carboxylic acids is 1. The Morgan fingerprint density at radius 3 is 3.00 bits per heavy atom. The number of aromatic nitrogens is 1. The summed E-state index contributed by atoms with van der Waals surface area (Å²) in [6.07, 6.45) is 3.90. The van der Waals surface area contributed by atoms with E-state index in [9.17, 15) is 4.79 Å². The summed E-state index contributed by atoms with van der Waals surface area (Å²) in [5, 5.41) is 8.98. The molecule has 1 aromatic rings. The van der Waals surface area contributed by atoms with Crippen molar-refractivity contribution in [1.29, 1.82) is 0 Å². The van der Waals surface area contributed by atoms with Crippen LogP contribution in [0, 0.1) is 5.92 Å². The number of pyridine rings is 1. The van der Waals surface area contributed by atoms with Gasteiger partial charge in [-0.2, -0.15) is 0 Å². The van der Waals surface area contributed by atoms with Gasteiger partial charge in [-0.25, -0.2) is 9.78 Å². The summed E-state index contributed by atoms with van der Waals surface area (Å²) >= 11 is 0. The van der Waals surface area contributed by atoms with Crippen molar-refractivity contribution in [2.45, 2.75) is 32.7 Å². The van der Waals surface area contributed by atoms with E-state index in [1.807, 2.05) is 0 Å². The molecule has 1 aliphatic rings. The summed E-state index contributed by atoms with van der Waals surface area (Å²) < 4.78 is 0. The second-order valence-electron chi connectivity index (χ2n) is 4.85. The summed E-state index contributed by atoms with van der Waals surface area (Å²) in [6, 6.07) is 3.68. The highest BCUT2D eigenvalue weighted by Gasteiger charge is 2.28. The predicted molar refractivity (Wildman–Crippen MR) is 66.4 cm³/mol. The lowest BCUT2D eigenvalue weighted by Gasteiger charge is -2.28. The third-order valence-electron chi connectivity index (χ3n) is 3.36. The molecule has 17 heavy (non-hydrogen) atoms. The van der Waals surface area contributed by atoms with E-state index in [-0.39, 0.29) is 0 Å². The average molecular weight is 234 g/mol. The number of hydrogen-bond acceptors (Lipinski definition) is 3. The molecular formula is C13H18N2O2. The molecule has 1 aliphatic heterocycles. The zero-order chi connectivity index (χ0) is 12.4. The molecule has 2 rings (SSSR count). The van der Waals surface area contributed by atoms with E-state index in [2.05, 4.69) is 23.7 Å². The van der Waals surface area contributed by atoms with Crippen molar-refractivity contribution in [3.63, 3.8) is 0 Å². The van der Waals surface area contributed by atoms with E-state index >= 15 is 0 Å². The van der Waals surface area contributed by atoms with E-state index in [4.69, 9.17) is 5.11 Å². The maximum atomic E-state index is 10.9. The van der Waals surface area contributed by atoms with Gasteiger partial charge in [0.25, 0.3) is 0 Å². The van der Waals surface area contributed by atoms with Crippen LogP contribution in [-0.4, -0.2) is 28.6 Å². The monoisotopic (exact) mass is 234 g/mol. The van der Waals surface area contributed by atoms with Gasteiger partial charge in [0.2, 0.25) is 0 Å². The molecule has 0 spiro atoms. The summed E-state index contributed by atoms with van der Waals surface area (Å²) in [4.78, 5) is 17.5. The summed E-state index contributed by atoms with van der Waals surface area (Å²) in [6.45, 7) is 5.37. The maximum Gasteiger partial charge on any atom is 0.335 e. The smallest absolute Gasteiger partial charge is 0.335 e. The first-order valence-electron chi connectivity index (χ1n) is 6.05. The Balaban J connectivity index is 2.27. The van der Waals surface area contributed by atoms with Gasteiger partial charge in [-0.15, -0.1) is 0 Å². The molecule has 1 aromatic heterocycles. The molecular weight excluding hydrogens is 216 g/mol. The molecule has 1 N–H and O–H groups in total. The van der Waals surface area contributed by atoms with Gasteiger partial charge < -0.3 is 10.0 Å². The summed E-state index contributed by atoms with van der Waals surface area (Å²) in [5.74, 6) is 0.461. The average Bonchev–Trinajstić information content (AvgIpc) is 2.78. The van der Waals surface area contributed by atoms with Gasteiger partial charge in [0, 0.05) is 18.8 Å². The molecule has 1 atom stereocenters. The lowest BCUT2D eigenvalue weighted by Crippen LogP contribution is -2.34. The van der Waals surface area contributed by atoms with E-state index in [0.717, 1.165) is 25.2 Å². The van der Waals surface area contributed by atoms with Crippen molar-refractivity contribution in [1.82, 2.24) is 4.98 Å². The van der Waals surface area contributed by atoms with Crippen LogP contribution in [-0.2, 0) is 0 Å². The quantitative estimate of drug-likeness (QED) is 0.872. The second-order valence-corrected chi connectivity index (χ2v) is 4.85. The molecule has 2 heterocycles. The van der Waals surface area contributed by atoms with Gasteiger partial charge in [-0.1, -0.05) is 13.8 Å². The second kappa shape index (κ2) is 4.73. The number of carboxylic acids is 1. The van der Waals surface area contributed by atoms with Gasteiger partial charge in [0.05, 0.1) is 5.56 Å². The van der Waals surface area contributed by atoms with Crippen LogP contribution in [0.25, 0.3) is 0 Å². The summed E-state index contributed by atoms with van der Waals surface area (Å²) in [7, 11) is 0. The number of carboxylic acid groups (broad SMARTS) is 1. The molecule has 0 aliphatic carbocycles. The molecule has 4 heteroatoms. The van der Waals surface area contributed by atoms with Crippen LogP contribution in [0.4, 0.5) is 5.82 Å². The molecule has 92 valence electrons. The lowest BCUT2D eigenvalue weighted by molar-refractivity contribution is 0.0697. The maximum absolute atomic E-state index is 10.9. The van der Waals surface area contributed by atoms with Crippen molar-refractivity contribution < 1.29 is 9.90 Å². The first-order chi connectivity index (χ1) is 8.09. The highest BCUT2D eigenvalue weighted by atomic mass is 16.4. The molecule has 1 fully saturated rings. The largest absolute Gasteiger partial charge is 0.478 e. The fourth-order valence-corrected chi connectivity index (χ4v) is 2.48. The number of rotatable bonds is 3. The highest BCUT2D eigenvalue weighted by molar-refractivity contribution is 5.88. The molecule has 0 amide bonds. The molecule has 1 saturated heterocycles. The van der Waals surface area contributed by atoms with E-state index in [0.29, 0.717) is 17.5 Å². The molecule has 0 radical (unpaired) electrons. The van der Waals surface area contributed by atoms with E-state index < -0.39 is 5.97 Å². The standard InChI is InChI=1S/C13H18N2O2/c1-9(2)11-4-3-7-15(11)12-8-10(13(16)17)5-6-14-12/h5-6,8-9,11H,3-4,7H2,1-2H3,(H,16,17). The van der Waals surface area contributed by atoms with Crippen LogP contribution >= 0.6 is 0 Å². The Labute approximate surface area is 101 Å². The third-order valence-corrected chi connectivity index (χ3v) is 3.36. The highest BCUT2D eigenvalue weighted by Crippen LogP contribution is 2.28. The number of nitrogens with zero attached hydrogens (tertiary/aromatic N) is 2. The summed E-state index contributed by atoms with van der Waals surface area (Å²) in [5.41, 5.74) is 0.310. The Kier molecular flexibility index (Phi) is 3.31. The van der Waals surface area contributed by atoms with Gasteiger partial charge in [-0.3, -0.25) is 0 Å². The van der Waals surface area contributed by atoms with Crippen molar-refractivity contribution in [2.24, 2.45) is 5.92 Å².